The molecule has 0 aliphatic carbocycles. The van der Waals surface area contributed by atoms with Gasteiger partial charge in [-0.05, 0) is 60.9 Å². The Hall–Kier alpha value is -3.27. The number of nitrogens with zero attached hydrogens (tertiary/aromatic N) is 2. The van der Waals surface area contributed by atoms with Crippen molar-refractivity contribution in [1.82, 2.24) is 9.97 Å². The number of hydrogen-bond donors (Lipinski definition) is 1. The Morgan fingerprint density at radius 2 is 1.52 bits per heavy atom. The van der Waals surface area contributed by atoms with E-state index in [-0.39, 0.29) is 5.91 Å². The summed E-state index contributed by atoms with van der Waals surface area (Å²) in [5, 5.41) is 2.96. The number of carbonyl (C=O) groups excluding carboxylic acids is 1. The number of unbranched alkanes of at least 4 members (excludes halogenated alkanes) is 1. The molecule has 4 rings (SSSR count). The fourth-order valence-electron chi connectivity index (χ4n) is 3.10. The summed E-state index contributed by atoms with van der Waals surface area (Å²) < 4.78 is 0. The van der Waals surface area contributed by atoms with Crippen LogP contribution in [-0.4, -0.2) is 15.9 Å². The molecule has 0 atom stereocenters. The Morgan fingerprint density at radius 3 is 2.22 bits per heavy atom. The SMILES string of the molecule is CCCCc1ccc(NC(=O)c2ccc3nc4ccccc4nc3c2)cc1. The van der Waals surface area contributed by atoms with E-state index in [0.29, 0.717) is 5.56 Å². The highest BCUT2D eigenvalue weighted by Crippen LogP contribution is 2.18. The van der Waals surface area contributed by atoms with E-state index in [9.17, 15) is 4.79 Å². The molecular formula is C23H21N3O. The number of carbonyl (C=O) groups is 1. The van der Waals surface area contributed by atoms with Crippen molar-refractivity contribution in [2.45, 2.75) is 26.2 Å². The molecule has 1 amide bonds. The average molecular weight is 355 g/mol. The minimum absolute atomic E-state index is 0.145. The third-order valence-electron chi connectivity index (χ3n) is 4.63. The molecule has 1 N–H and O–H groups in total. The van der Waals surface area contributed by atoms with E-state index in [4.69, 9.17) is 0 Å². The lowest BCUT2D eigenvalue weighted by Crippen LogP contribution is -2.12. The first-order chi connectivity index (χ1) is 13.2. The van der Waals surface area contributed by atoms with Gasteiger partial charge in [-0.1, -0.05) is 37.6 Å². The lowest BCUT2D eigenvalue weighted by Gasteiger charge is -2.08. The maximum Gasteiger partial charge on any atom is 0.255 e. The average Bonchev–Trinajstić information content (AvgIpc) is 2.71. The van der Waals surface area contributed by atoms with Gasteiger partial charge < -0.3 is 5.32 Å². The summed E-state index contributed by atoms with van der Waals surface area (Å²) in [6.45, 7) is 2.19. The van der Waals surface area contributed by atoms with Crippen LogP contribution >= 0.6 is 0 Å². The zero-order valence-electron chi connectivity index (χ0n) is 15.3. The summed E-state index contributed by atoms with van der Waals surface area (Å²) in [6, 6.07) is 21.2. The number of rotatable bonds is 5. The molecule has 3 aromatic carbocycles. The number of anilines is 1. The highest BCUT2D eigenvalue weighted by Gasteiger charge is 2.09. The van der Waals surface area contributed by atoms with Crippen LogP contribution in [0, 0.1) is 0 Å². The number of aryl methyl sites for hydroxylation is 1. The number of amides is 1. The minimum atomic E-state index is -0.145. The second-order valence-corrected chi connectivity index (χ2v) is 6.67. The van der Waals surface area contributed by atoms with Crippen molar-refractivity contribution in [2.24, 2.45) is 0 Å². The van der Waals surface area contributed by atoms with Crippen molar-refractivity contribution in [3.05, 3.63) is 77.9 Å². The summed E-state index contributed by atoms with van der Waals surface area (Å²) in [5.74, 6) is -0.145. The molecule has 4 nitrogen and oxygen atoms in total. The zero-order chi connectivity index (χ0) is 18.6. The van der Waals surface area contributed by atoms with Crippen molar-refractivity contribution in [3.63, 3.8) is 0 Å². The molecule has 134 valence electrons. The van der Waals surface area contributed by atoms with Gasteiger partial charge in [-0.25, -0.2) is 9.97 Å². The lowest BCUT2D eigenvalue weighted by atomic mass is 10.1. The number of benzene rings is 3. The molecule has 0 aliphatic heterocycles. The molecule has 0 spiro atoms. The van der Waals surface area contributed by atoms with Gasteiger partial charge in [0.2, 0.25) is 0 Å². The van der Waals surface area contributed by atoms with Crippen LogP contribution in [0.25, 0.3) is 22.1 Å². The van der Waals surface area contributed by atoms with Crippen LogP contribution in [0.3, 0.4) is 0 Å². The first-order valence-electron chi connectivity index (χ1n) is 9.30. The normalized spacial score (nSPS) is 11.0. The third-order valence-corrected chi connectivity index (χ3v) is 4.63. The summed E-state index contributed by atoms with van der Waals surface area (Å²) in [4.78, 5) is 21.8. The van der Waals surface area contributed by atoms with E-state index in [2.05, 4.69) is 34.3 Å². The van der Waals surface area contributed by atoms with Gasteiger partial charge in [0.25, 0.3) is 5.91 Å². The van der Waals surface area contributed by atoms with Crippen molar-refractivity contribution in [1.29, 1.82) is 0 Å². The smallest absolute Gasteiger partial charge is 0.255 e. The van der Waals surface area contributed by atoms with Crippen LogP contribution in [0.4, 0.5) is 5.69 Å². The largest absolute Gasteiger partial charge is 0.322 e. The van der Waals surface area contributed by atoms with Gasteiger partial charge in [0, 0.05) is 11.3 Å². The van der Waals surface area contributed by atoms with Crippen LogP contribution < -0.4 is 5.32 Å². The Bertz CT molecular complexity index is 1100. The molecule has 1 aromatic heterocycles. The van der Waals surface area contributed by atoms with Gasteiger partial charge in [0.05, 0.1) is 22.1 Å². The first-order valence-corrected chi connectivity index (χ1v) is 9.30. The van der Waals surface area contributed by atoms with E-state index in [1.165, 1.54) is 18.4 Å². The summed E-state index contributed by atoms with van der Waals surface area (Å²) in [6.07, 6.45) is 3.43. The monoisotopic (exact) mass is 355 g/mol. The number of para-hydroxylation sites is 2. The Morgan fingerprint density at radius 1 is 0.852 bits per heavy atom. The molecule has 0 saturated heterocycles. The van der Waals surface area contributed by atoms with Crippen molar-refractivity contribution in [2.75, 3.05) is 5.32 Å². The second-order valence-electron chi connectivity index (χ2n) is 6.67. The van der Waals surface area contributed by atoms with E-state index < -0.39 is 0 Å². The summed E-state index contributed by atoms with van der Waals surface area (Å²) >= 11 is 0. The topological polar surface area (TPSA) is 54.9 Å². The molecule has 1 heterocycles. The minimum Gasteiger partial charge on any atom is -0.322 e. The van der Waals surface area contributed by atoms with E-state index in [1.807, 2.05) is 42.5 Å². The maximum atomic E-state index is 12.6. The first kappa shape index (κ1) is 17.2. The fourth-order valence-corrected chi connectivity index (χ4v) is 3.10. The molecular weight excluding hydrogens is 334 g/mol. The number of nitrogens with one attached hydrogen (secondary N) is 1. The quantitative estimate of drug-likeness (QED) is 0.489. The summed E-state index contributed by atoms with van der Waals surface area (Å²) in [7, 11) is 0. The molecule has 0 fully saturated rings. The van der Waals surface area contributed by atoms with Crippen molar-refractivity contribution >= 4 is 33.7 Å². The summed E-state index contributed by atoms with van der Waals surface area (Å²) in [5.41, 5.74) is 5.84. The number of hydrogen-bond acceptors (Lipinski definition) is 3. The fraction of sp³-hybridized carbons (Fsp3) is 0.174. The van der Waals surface area contributed by atoms with Gasteiger partial charge in [0.1, 0.15) is 0 Å². The van der Waals surface area contributed by atoms with Crippen LogP contribution in [0.1, 0.15) is 35.7 Å². The highest BCUT2D eigenvalue weighted by atomic mass is 16.1. The molecule has 27 heavy (non-hydrogen) atoms. The van der Waals surface area contributed by atoms with Crippen LogP contribution in [-0.2, 0) is 6.42 Å². The predicted molar refractivity (Wildman–Crippen MR) is 110 cm³/mol. The predicted octanol–water partition coefficient (Wildman–Crippen LogP) is 5.38. The van der Waals surface area contributed by atoms with E-state index in [0.717, 1.165) is 34.2 Å². The lowest BCUT2D eigenvalue weighted by molar-refractivity contribution is 0.102. The van der Waals surface area contributed by atoms with Crippen LogP contribution in [0.5, 0.6) is 0 Å². The Kier molecular flexibility index (Phi) is 4.79. The standard InChI is InChI=1S/C23H21N3O/c1-2-3-6-16-9-12-18(13-10-16)24-23(27)17-11-14-21-22(15-17)26-20-8-5-4-7-19(20)25-21/h4-5,7-15H,2-3,6H2,1H3,(H,24,27). The Labute approximate surface area is 158 Å². The van der Waals surface area contributed by atoms with Gasteiger partial charge in [-0.3, -0.25) is 4.79 Å². The second kappa shape index (κ2) is 7.54. The molecule has 0 radical (unpaired) electrons. The van der Waals surface area contributed by atoms with Crippen molar-refractivity contribution in [3.8, 4) is 0 Å². The number of aromatic nitrogens is 2. The van der Waals surface area contributed by atoms with Crippen molar-refractivity contribution < 1.29 is 4.79 Å². The van der Waals surface area contributed by atoms with Gasteiger partial charge in [-0.15, -0.1) is 0 Å². The van der Waals surface area contributed by atoms with Gasteiger partial charge >= 0.3 is 0 Å². The Balaban J connectivity index is 1.56. The maximum absolute atomic E-state index is 12.6. The molecule has 0 bridgehead atoms. The van der Waals surface area contributed by atoms with Gasteiger partial charge in [0.15, 0.2) is 0 Å². The molecule has 4 aromatic rings. The molecule has 0 saturated carbocycles. The van der Waals surface area contributed by atoms with Gasteiger partial charge in [-0.2, -0.15) is 0 Å². The zero-order valence-corrected chi connectivity index (χ0v) is 15.3. The third kappa shape index (κ3) is 3.80. The van der Waals surface area contributed by atoms with E-state index in [1.54, 1.807) is 12.1 Å². The van der Waals surface area contributed by atoms with Crippen LogP contribution in [0.15, 0.2) is 66.7 Å². The molecule has 0 aliphatic rings. The molecule has 0 unspecified atom stereocenters. The highest BCUT2D eigenvalue weighted by molar-refractivity contribution is 6.06. The van der Waals surface area contributed by atoms with E-state index >= 15 is 0 Å². The molecule has 4 heteroatoms. The number of fused-ring (bicyclic) bond motifs is 2. The van der Waals surface area contributed by atoms with Crippen LogP contribution in [0.2, 0.25) is 0 Å².